The van der Waals surface area contributed by atoms with Crippen LogP contribution in [0.5, 0.6) is 0 Å². The van der Waals surface area contributed by atoms with E-state index in [1.165, 1.54) is 0 Å². The third-order valence-corrected chi connectivity index (χ3v) is 1.05. The zero-order valence-electron chi connectivity index (χ0n) is 5.00. The molecular formula is C7H8NO. The van der Waals surface area contributed by atoms with E-state index in [1.54, 1.807) is 0 Å². The number of hydrogen-bond acceptors (Lipinski definition) is 1. The van der Waals surface area contributed by atoms with Crippen LogP contribution >= 0.6 is 0 Å². The number of hydrogen-bond donors (Lipinski definition) is 1. The Morgan fingerprint density at radius 3 is 2.44 bits per heavy atom. The van der Waals surface area contributed by atoms with Gasteiger partial charge in [0.25, 0.3) is 0 Å². The van der Waals surface area contributed by atoms with Crippen LogP contribution in [0.2, 0.25) is 0 Å². The summed E-state index contributed by atoms with van der Waals surface area (Å²) < 4.78 is 0. The normalized spacial score (nSPS) is 9.00. The molecule has 0 heterocycles. The highest BCUT2D eigenvalue weighted by Gasteiger charge is 1.83. The van der Waals surface area contributed by atoms with Crippen LogP contribution in [0.25, 0.3) is 0 Å². The Labute approximate surface area is 54.1 Å². The van der Waals surface area contributed by atoms with Gasteiger partial charge in [0, 0.05) is 5.69 Å². The van der Waals surface area contributed by atoms with E-state index in [0.29, 0.717) is 0 Å². The number of rotatable bonds is 2. The smallest absolute Gasteiger partial charge is 0.152 e. The molecular weight excluding hydrogens is 114 g/mol. The molecule has 9 heavy (non-hydrogen) atoms. The molecule has 0 saturated carbocycles. The first kappa shape index (κ1) is 6.11. The Balaban J connectivity index is 2.61. The highest BCUT2D eigenvalue weighted by atomic mass is 16.3. The van der Waals surface area contributed by atoms with Crippen molar-refractivity contribution in [1.29, 1.82) is 0 Å². The number of benzene rings is 1. The second-order valence-corrected chi connectivity index (χ2v) is 1.69. The van der Waals surface area contributed by atoms with E-state index < -0.39 is 0 Å². The molecule has 0 fully saturated rings. The third kappa shape index (κ3) is 1.74. The lowest BCUT2D eigenvalue weighted by Crippen LogP contribution is -1.96. The van der Waals surface area contributed by atoms with Gasteiger partial charge in [-0.1, -0.05) is 18.2 Å². The zero-order chi connectivity index (χ0) is 6.53. The summed E-state index contributed by atoms with van der Waals surface area (Å²) in [6.07, 6.45) is 0. The summed E-state index contributed by atoms with van der Waals surface area (Å²) >= 11 is 0. The lowest BCUT2D eigenvalue weighted by Gasteiger charge is -1.97. The molecule has 1 N–H and O–H groups in total. The van der Waals surface area contributed by atoms with E-state index in [1.807, 2.05) is 30.3 Å². The van der Waals surface area contributed by atoms with Crippen molar-refractivity contribution in [3.05, 3.63) is 30.3 Å². The SMILES string of the molecule is [O]CNc1ccccc1. The summed E-state index contributed by atoms with van der Waals surface area (Å²) in [5, 5.41) is 12.6. The van der Waals surface area contributed by atoms with Gasteiger partial charge in [0.1, 0.15) is 0 Å². The highest BCUT2D eigenvalue weighted by Crippen LogP contribution is 2.02. The Hall–Kier alpha value is -1.02. The van der Waals surface area contributed by atoms with Gasteiger partial charge >= 0.3 is 0 Å². The first-order valence-electron chi connectivity index (χ1n) is 2.80. The summed E-state index contributed by atoms with van der Waals surface area (Å²) in [6, 6.07) is 9.40. The maximum absolute atomic E-state index is 9.99. The Morgan fingerprint density at radius 2 is 1.89 bits per heavy atom. The first-order chi connectivity index (χ1) is 4.43. The minimum absolute atomic E-state index is 0.260. The van der Waals surface area contributed by atoms with Crippen LogP contribution in [0.1, 0.15) is 0 Å². The van der Waals surface area contributed by atoms with Crippen molar-refractivity contribution in [3.8, 4) is 0 Å². The van der Waals surface area contributed by atoms with Gasteiger partial charge in [0.05, 0.1) is 0 Å². The molecule has 1 aromatic carbocycles. The van der Waals surface area contributed by atoms with Gasteiger partial charge < -0.3 is 5.32 Å². The molecule has 1 radical (unpaired) electrons. The molecule has 1 aromatic rings. The molecule has 2 heteroatoms. The highest BCUT2D eigenvalue weighted by molar-refractivity contribution is 5.41. The summed E-state index contributed by atoms with van der Waals surface area (Å²) in [5.41, 5.74) is 0.882. The number of para-hydroxylation sites is 1. The van der Waals surface area contributed by atoms with Gasteiger partial charge in [0.2, 0.25) is 0 Å². The fourth-order valence-electron chi connectivity index (χ4n) is 0.639. The molecule has 0 bridgehead atoms. The first-order valence-corrected chi connectivity index (χ1v) is 2.80. The molecule has 0 amide bonds. The molecule has 0 unspecified atom stereocenters. The molecule has 47 valence electrons. The summed E-state index contributed by atoms with van der Waals surface area (Å²) in [4.78, 5) is 0. The van der Waals surface area contributed by atoms with Gasteiger partial charge in [-0.3, -0.25) is 0 Å². The average molecular weight is 122 g/mol. The van der Waals surface area contributed by atoms with Crippen LogP contribution in [0, 0.1) is 0 Å². The van der Waals surface area contributed by atoms with E-state index in [-0.39, 0.29) is 6.73 Å². The topological polar surface area (TPSA) is 31.9 Å². The van der Waals surface area contributed by atoms with Gasteiger partial charge in [-0.2, -0.15) is 0 Å². The summed E-state index contributed by atoms with van der Waals surface area (Å²) in [6.45, 7) is -0.260. The second kappa shape index (κ2) is 3.10. The number of anilines is 1. The summed E-state index contributed by atoms with van der Waals surface area (Å²) in [7, 11) is 0. The fourth-order valence-corrected chi connectivity index (χ4v) is 0.639. The quantitative estimate of drug-likeness (QED) is 0.592. The average Bonchev–Trinajstić information content (AvgIpc) is 1.91. The van der Waals surface area contributed by atoms with Crippen LogP contribution in [-0.2, 0) is 5.11 Å². The van der Waals surface area contributed by atoms with E-state index >= 15 is 0 Å². The van der Waals surface area contributed by atoms with Crippen molar-refractivity contribution in [1.82, 2.24) is 0 Å². The Kier molecular flexibility index (Phi) is 2.10. The molecule has 0 saturated heterocycles. The van der Waals surface area contributed by atoms with E-state index in [2.05, 4.69) is 5.32 Å². The standard InChI is InChI=1S/C7H8NO/c9-6-8-7-4-2-1-3-5-7/h1-5,8H,6H2. The van der Waals surface area contributed by atoms with Gasteiger partial charge in [-0.05, 0) is 12.1 Å². The maximum Gasteiger partial charge on any atom is 0.152 e. The summed E-state index contributed by atoms with van der Waals surface area (Å²) in [5.74, 6) is 0. The predicted molar refractivity (Wildman–Crippen MR) is 35.6 cm³/mol. The van der Waals surface area contributed by atoms with Crippen molar-refractivity contribution in [3.63, 3.8) is 0 Å². The van der Waals surface area contributed by atoms with Crippen LogP contribution in [0.3, 0.4) is 0 Å². The number of nitrogens with one attached hydrogen (secondary N) is 1. The minimum atomic E-state index is -0.260. The second-order valence-electron chi connectivity index (χ2n) is 1.69. The molecule has 1 rings (SSSR count). The van der Waals surface area contributed by atoms with Crippen molar-refractivity contribution in [2.24, 2.45) is 0 Å². The monoisotopic (exact) mass is 122 g/mol. The molecule has 0 atom stereocenters. The molecule has 0 aliphatic rings. The third-order valence-electron chi connectivity index (χ3n) is 1.05. The largest absolute Gasteiger partial charge is 0.360 e. The van der Waals surface area contributed by atoms with Gasteiger partial charge in [0.15, 0.2) is 6.73 Å². The predicted octanol–water partition coefficient (Wildman–Crippen LogP) is 1.49. The van der Waals surface area contributed by atoms with Crippen molar-refractivity contribution >= 4 is 5.69 Å². The van der Waals surface area contributed by atoms with E-state index in [4.69, 9.17) is 0 Å². The fraction of sp³-hybridized carbons (Fsp3) is 0.143. The zero-order valence-corrected chi connectivity index (χ0v) is 5.00. The van der Waals surface area contributed by atoms with Gasteiger partial charge in [-0.15, -0.1) is 0 Å². The van der Waals surface area contributed by atoms with Crippen LogP contribution in [0.4, 0.5) is 5.69 Å². The Morgan fingerprint density at radius 1 is 1.22 bits per heavy atom. The molecule has 0 aromatic heterocycles. The van der Waals surface area contributed by atoms with Crippen LogP contribution in [-0.4, -0.2) is 6.73 Å². The van der Waals surface area contributed by atoms with Crippen molar-refractivity contribution in [2.45, 2.75) is 0 Å². The van der Waals surface area contributed by atoms with Gasteiger partial charge in [-0.25, -0.2) is 5.11 Å². The van der Waals surface area contributed by atoms with E-state index in [0.717, 1.165) is 5.69 Å². The molecule has 2 nitrogen and oxygen atoms in total. The lowest BCUT2D eigenvalue weighted by molar-refractivity contribution is 0.218. The van der Waals surface area contributed by atoms with E-state index in [9.17, 15) is 5.11 Å². The lowest BCUT2D eigenvalue weighted by atomic mass is 10.3. The van der Waals surface area contributed by atoms with Crippen molar-refractivity contribution in [2.75, 3.05) is 12.0 Å². The molecule has 0 aliphatic heterocycles. The molecule has 0 spiro atoms. The molecule has 0 aliphatic carbocycles. The van der Waals surface area contributed by atoms with Crippen LogP contribution in [0.15, 0.2) is 30.3 Å². The Bertz CT molecular complexity index is 162. The van der Waals surface area contributed by atoms with Crippen LogP contribution < -0.4 is 5.32 Å². The van der Waals surface area contributed by atoms with Crippen molar-refractivity contribution < 1.29 is 5.11 Å². The maximum atomic E-state index is 9.99. The minimum Gasteiger partial charge on any atom is -0.360 e.